The summed E-state index contributed by atoms with van der Waals surface area (Å²) < 4.78 is 17.5. The zero-order chi connectivity index (χ0) is 24.6. The Labute approximate surface area is 204 Å². The van der Waals surface area contributed by atoms with Crippen molar-refractivity contribution >= 4 is 28.5 Å². The maximum Gasteiger partial charge on any atom is 0.290 e. The molecule has 3 aromatic rings. The van der Waals surface area contributed by atoms with Crippen molar-refractivity contribution in [3.05, 3.63) is 68.0 Å². The van der Waals surface area contributed by atoms with E-state index in [2.05, 4.69) is 20.8 Å². The highest BCUT2D eigenvalue weighted by atomic mass is 35.5. The molecule has 1 atom stereocenters. The molecule has 0 spiro atoms. The minimum absolute atomic E-state index is 0.0967. The second-order valence-electron chi connectivity index (χ2n) is 9.14. The fourth-order valence-corrected chi connectivity index (χ4v) is 4.44. The van der Waals surface area contributed by atoms with Crippen molar-refractivity contribution in [2.45, 2.75) is 46.6 Å². The molecule has 6 nitrogen and oxygen atoms in total. The Kier molecular flexibility index (Phi) is 6.89. The normalized spacial score (nSPS) is 15.3. The van der Waals surface area contributed by atoms with Crippen LogP contribution in [-0.4, -0.2) is 31.1 Å². The van der Waals surface area contributed by atoms with E-state index >= 15 is 0 Å². The maximum atomic E-state index is 13.7. The van der Waals surface area contributed by atoms with Gasteiger partial charge in [-0.2, -0.15) is 0 Å². The van der Waals surface area contributed by atoms with E-state index in [1.165, 1.54) is 0 Å². The van der Waals surface area contributed by atoms with Crippen molar-refractivity contribution < 1.29 is 18.7 Å². The molecular formula is C27H30ClNO5. The number of benzene rings is 2. The average molecular weight is 484 g/mol. The topological polar surface area (TPSA) is 69.0 Å². The van der Waals surface area contributed by atoms with E-state index in [1.54, 1.807) is 24.1 Å². The summed E-state index contributed by atoms with van der Waals surface area (Å²) in [6, 6.07) is 8.31. The Hall–Kier alpha value is -2.99. The Morgan fingerprint density at radius 1 is 1.15 bits per heavy atom. The Morgan fingerprint density at radius 3 is 2.59 bits per heavy atom. The summed E-state index contributed by atoms with van der Waals surface area (Å²) in [5, 5.41) is 0.852. The summed E-state index contributed by atoms with van der Waals surface area (Å²) in [5.41, 5.74) is 2.01. The van der Waals surface area contributed by atoms with Gasteiger partial charge in [-0.15, -0.1) is 0 Å². The summed E-state index contributed by atoms with van der Waals surface area (Å²) in [4.78, 5) is 28.8. The van der Waals surface area contributed by atoms with Gasteiger partial charge in [0.25, 0.3) is 5.91 Å². The summed E-state index contributed by atoms with van der Waals surface area (Å²) in [6.45, 7) is 9.11. The standard InChI is InChI=1S/C27H30ClNO5/c1-6-7-10-29-24(17-8-9-20(22(12-17)32-5)33-14-15(2)3)23-25(30)18-13-19(28)16(4)11-21(18)34-26(23)27(29)31/h8-9,11-13,15,24H,6-7,10,14H2,1-5H3. The molecule has 1 unspecified atom stereocenters. The number of halogens is 1. The van der Waals surface area contributed by atoms with Crippen molar-refractivity contribution in [3.8, 4) is 11.5 Å². The lowest BCUT2D eigenvalue weighted by Crippen LogP contribution is -2.30. The van der Waals surface area contributed by atoms with Gasteiger partial charge in [-0.05, 0) is 54.7 Å². The third kappa shape index (κ3) is 4.27. The zero-order valence-electron chi connectivity index (χ0n) is 20.2. The first-order valence-corrected chi connectivity index (χ1v) is 12.0. The minimum atomic E-state index is -0.581. The molecule has 0 saturated carbocycles. The number of methoxy groups -OCH3 is 1. The van der Waals surface area contributed by atoms with Gasteiger partial charge in [-0.1, -0.05) is 44.9 Å². The van der Waals surface area contributed by atoms with Gasteiger partial charge in [0.05, 0.1) is 30.7 Å². The lowest BCUT2D eigenvalue weighted by molar-refractivity contribution is 0.0725. The molecule has 1 amide bonds. The number of unbranched alkanes of at least 4 members (excludes halogenated alkanes) is 1. The second-order valence-corrected chi connectivity index (χ2v) is 9.55. The number of fused-ring (bicyclic) bond motifs is 2. The van der Waals surface area contributed by atoms with E-state index in [-0.39, 0.29) is 17.1 Å². The number of carbonyl (C=O) groups is 1. The molecule has 1 aliphatic rings. The molecule has 34 heavy (non-hydrogen) atoms. The Balaban J connectivity index is 1.89. The van der Waals surface area contributed by atoms with Crippen LogP contribution in [0.15, 0.2) is 39.5 Å². The minimum Gasteiger partial charge on any atom is -0.493 e. The van der Waals surface area contributed by atoms with Gasteiger partial charge in [0.1, 0.15) is 5.58 Å². The summed E-state index contributed by atoms with van der Waals surface area (Å²) >= 11 is 6.31. The molecule has 2 heterocycles. The Morgan fingerprint density at radius 2 is 1.91 bits per heavy atom. The van der Waals surface area contributed by atoms with Crippen LogP contribution in [0.1, 0.15) is 66.9 Å². The number of nitrogens with zero attached hydrogens (tertiary/aromatic N) is 1. The maximum absolute atomic E-state index is 13.7. The van der Waals surface area contributed by atoms with Crippen molar-refractivity contribution in [1.82, 2.24) is 4.90 Å². The predicted molar refractivity (Wildman–Crippen MR) is 133 cm³/mol. The molecule has 1 aromatic heterocycles. The van der Waals surface area contributed by atoms with E-state index in [4.69, 9.17) is 25.5 Å². The third-order valence-corrected chi connectivity index (χ3v) is 6.48. The first-order valence-electron chi connectivity index (χ1n) is 11.6. The SMILES string of the molecule is CCCCN1C(=O)c2oc3cc(C)c(Cl)cc3c(=O)c2C1c1ccc(OCC(C)C)c(OC)c1. The average Bonchev–Trinajstić information content (AvgIpc) is 3.09. The number of aryl methyl sites for hydroxylation is 1. The lowest BCUT2D eigenvalue weighted by atomic mass is 9.97. The van der Waals surface area contributed by atoms with Gasteiger partial charge in [-0.3, -0.25) is 9.59 Å². The van der Waals surface area contributed by atoms with Crippen molar-refractivity contribution in [1.29, 1.82) is 0 Å². The van der Waals surface area contributed by atoms with Gasteiger partial charge >= 0.3 is 0 Å². The van der Waals surface area contributed by atoms with E-state index in [0.717, 1.165) is 24.0 Å². The molecule has 2 aromatic carbocycles. The molecule has 1 aliphatic heterocycles. The number of rotatable bonds is 8. The van der Waals surface area contributed by atoms with Gasteiger partial charge < -0.3 is 18.8 Å². The fourth-order valence-electron chi connectivity index (χ4n) is 4.28. The lowest BCUT2D eigenvalue weighted by Gasteiger charge is -2.25. The van der Waals surface area contributed by atoms with Crippen molar-refractivity contribution in [2.24, 2.45) is 5.92 Å². The summed E-state index contributed by atoms with van der Waals surface area (Å²) in [5.74, 6) is 1.36. The molecule has 7 heteroatoms. The first kappa shape index (κ1) is 24.1. The van der Waals surface area contributed by atoms with E-state index < -0.39 is 6.04 Å². The van der Waals surface area contributed by atoms with Crippen LogP contribution in [0.5, 0.6) is 11.5 Å². The molecule has 0 bridgehead atoms. The van der Waals surface area contributed by atoms with Crippen molar-refractivity contribution in [2.75, 3.05) is 20.3 Å². The number of ether oxygens (including phenoxy) is 2. The van der Waals surface area contributed by atoms with Gasteiger partial charge in [0.15, 0.2) is 16.9 Å². The van der Waals surface area contributed by atoms with E-state index in [0.29, 0.717) is 52.1 Å². The number of hydrogen-bond donors (Lipinski definition) is 0. The number of carbonyl (C=O) groups excluding carboxylic acids is 1. The highest BCUT2D eigenvalue weighted by molar-refractivity contribution is 6.32. The molecular weight excluding hydrogens is 454 g/mol. The zero-order valence-corrected chi connectivity index (χ0v) is 21.0. The van der Waals surface area contributed by atoms with Crippen LogP contribution in [0.3, 0.4) is 0 Å². The third-order valence-electron chi connectivity index (χ3n) is 6.08. The second kappa shape index (κ2) is 9.71. The van der Waals surface area contributed by atoms with Crippen LogP contribution in [0.2, 0.25) is 5.02 Å². The van der Waals surface area contributed by atoms with Crippen LogP contribution in [0, 0.1) is 12.8 Å². The van der Waals surface area contributed by atoms with Crippen LogP contribution in [-0.2, 0) is 0 Å². The fraction of sp³-hybridized carbons (Fsp3) is 0.407. The van der Waals surface area contributed by atoms with E-state index in [1.807, 2.05) is 25.1 Å². The molecule has 4 rings (SSSR count). The molecule has 0 fully saturated rings. The number of amides is 1. The largest absolute Gasteiger partial charge is 0.493 e. The monoisotopic (exact) mass is 483 g/mol. The highest BCUT2D eigenvalue weighted by Crippen LogP contribution is 2.41. The smallest absolute Gasteiger partial charge is 0.290 e. The molecule has 0 radical (unpaired) electrons. The van der Waals surface area contributed by atoms with Crippen molar-refractivity contribution in [3.63, 3.8) is 0 Å². The van der Waals surface area contributed by atoms with E-state index in [9.17, 15) is 9.59 Å². The summed E-state index contributed by atoms with van der Waals surface area (Å²) in [6.07, 6.45) is 1.72. The van der Waals surface area contributed by atoms with Gasteiger partial charge in [0.2, 0.25) is 5.76 Å². The summed E-state index contributed by atoms with van der Waals surface area (Å²) in [7, 11) is 1.58. The molecule has 0 aliphatic carbocycles. The molecule has 0 N–H and O–H groups in total. The molecule has 0 saturated heterocycles. The van der Waals surface area contributed by atoms with Crippen LogP contribution < -0.4 is 14.9 Å². The number of hydrogen-bond acceptors (Lipinski definition) is 5. The van der Waals surface area contributed by atoms with Gasteiger partial charge in [-0.25, -0.2) is 0 Å². The highest BCUT2D eigenvalue weighted by Gasteiger charge is 2.42. The van der Waals surface area contributed by atoms with Crippen LogP contribution in [0.4, 0.5) is 0 Å². The van der Waals surface area contributed by atoms with Gasteiger partial charge in [0, 0.05) is 11.6 Å². The predicted octanol–water partition coefficient (Wildman–Crippen LogP) is 6.14. The molecule has 180 valence electrons. The van der Waals surface area contributed by atoms with Crippen LogP contribution in [0.25, 0.3) is 11.0 Å². The first-order chi connectivity index (χ1) is 16.3. The Bertz CT molecular complexity index is 1300. The quantitative estimate of drug-likeness (QED) is 0.384. The van der Waals surface area contributed by atoms with Crippen LogP contribution >= 0.6 is 11.6 Å².